The predicted octanol–water partition coefficient (Wildman–Crippen LogP) is 2.50. The van der Waals surface area contributed by atoms with Gasteiger partial charge in [-0.15, -0.1) is 24.0 Å². The smallest absolute Gasteiger partial charge is 0.257 e. The molecule has 0 amide bonds. The van der Waals surface area contributed by atoms with Crippen molar-refractivity contribution in [3.05, 3.63) is 0 Å². The third-order valence-electron chi connectivity index (χ3n) is 3.35. The summed E-state index contributed by atoms with van der Waals surface area (Å²) in [5.74, 6) is 1.11. The van der Waals surface area contributed by atoms with Gasteiger partial charge in [-0.2, -0.15) is 0 Å². The number of aliphatic imine (C=N–C) groups is 1. The highest BCUT2D eigenvalue weighted by Crippen LogP contribution is 2.22. The highest BCUT2D eigenvalue weighted by atomic mass is 127. The average Bonchev–Trinajstić information content (AvgIpc) is 2.44. The molecule has 21 heavy (non-hydrogen) atoms. The molecule has 8 heteroatoms. The zero-order chi connectivity index (χ0) is 15.0. The van der Waals surface area contributed by atoms with Gasteiger partial charge in [0, 0.05) is 34.4 Å². The maximum absolute atomic E-state index is 12.2. The van der Waals surface area contributed by atoms with E-state index in [1.807, 2.05) is 13.8 Å². The van der Waals surface area contributed by atoms with Crippen molar-refractivity contribution in [3.63, 3.8) is 0 Å². The van der Waals surface area contributed by atoms with E-state index in [0.717, 1.165) is 25.7 Å². The second kappa shape index (κ2) is 11.6. The Morgan fingerprint density at radius 3 is 2.67 bits per heavy atom. The first-order valence-corrected chi connectivity index (χ1v) is 8.65. The van der Waals surface area contributed by atoms with Crippen LogP contribution in [0.3, 0.4) is 0 Å². The Labute approximate surface area is 145 Å². The SMILES string of the molecule is CCNC(=NCC(F)F)NC1CCCC(S(=O)CC)C1.I. The molecular weight excluding hydrogens is 411 g/mol. The molecule has 2 N–H and O–H groups in total. The molecule has 126 valence electrons. The Bertz CT molecular complexity index is 345. The number of halogens is 3. The van der Waals surface area contributed by atoms with Crippen molar-refractivity contribution in [1.82, 2.24) is 10.6 Å². The summed E-state index contributed by atoms with van der Waals surface area (Å²) in [4.78, 5) is 3.87. The van der Waals surface area contributed by atoms with E-state index in [1.54, 1.807) is 0 Å². The zero-order valence-electron chi connectivity index (χ0n) is 12.6. The fraction of sp³-hybridized carbons (Fsp3) is 0.923. The van der Waals surface area contributed by atoms with E-state index < -0.39 is 23.8 Å². The number of alkyl halides is 2. The Kier molecular flexibility index (Phi) is 11.6. The zero-order valence-corrected chi connectivity index (χ0v) is 15.8. The average molecular weight is 437 g/mol. The van der Waals surface area contributed by atoms with E-state index in [0.29, 0.717) is 18.3 Å². The van der Waals surface area contributed by atoms with E-state index >= 15 is 0 Å². The number of hydrogen-bond acceptors (Lipinski definition) is 2. The van der Waals surface area contributed by atoms with Gasteiger partial charge in [-0.1, -0.05) is 13.3 Å². The van der Waals surface area contributed by atoms with Crippen LogP contribution in [0.2, 0.25) is 0 Å². The number of nitrogens with one attached hydrogen (secondary N) is 2. The molecule has 1 fully saturated rings. The van der Waals surface area contributed by atoms with Crippen LogP contribution in [0, 0.1) is 0 Å². The molecule has 0 bridgehead atoms. The lowest BCUT2D eigenvalue weighted by Gasteiger charge is -2.30. The molecule has 4 nitrogen and oxygen atoms in total. The molecule has 3 unspecified atom stereocenters. The normalized spacial score (nSPS) is 24.3. The van der Waals surface area contributed by atoms with Crippen LogP contribution < -0.4 is 10.6 Å². The topological polar surface area (TPSA) is 53.5 Å². The second-order valence-electron chi connectivity index (χ2n) is 4.91. The number of nitrogens with zero attached hydrogens (tertiary/aromatic N) is 1. The summed E-state index contributed by atoms with van der Waals surface area (Å²) >= 11 is 0. The van der Waals surface area contributed by atoms with E-state index in [9.17, 15) is 13.0 Å². The van der Waals surface area contributed by atoms with Crippen molar-refractivity contribution < 1.29 is 13.0 Å². The van der Waals surface area contributed by atoms with Gasteiger partial charge in [0.1, 0.15) is 6.54 Å². The Hall–Kier alpha value is 0.01000. The second-order valence-corrected chi connectivity index (χ2v) is 6.92. The third-order valence-corrected chi connectivity index (χ3v) is 5.10. The minimum Gasteiger partial charge on any atom is -0.357 e. The number of guanidine groups is 1. The predicted molar refractivity (Wildman–Crippen MR) is 95.3 cm³/mol. The standard InChI is InChI=1S/C13H25F2N3OS.HI/c1-3-16-13(17-9-12(14)15)18-10-6-5-7-11(8-10)20(19)4-2;/h10-12H,3-9H2,1-2H3,(H2,16,17,18);1H. The lowest BCUT2D eigenvalue weighted by molar-refractivity contribution is 0.158. The fourth-order valence-electron chi connectivity index (χ4n) is 2.42. The van der Waals surface area contributed by atoms with Crippen molar-refractivity contribution >= 4 is 40.7 Å². The summed E-state index contributed by atoms with van der Waals surface area (Å²) in [6, 6.07) is 0.166. The lowest BCUT2D eigenvalue weighted by atomic mass is 9.95. The van der Waals surface area contributed by atoms with Gasteiger partial charge in [-0.3, -0.25) is 4.21 Å². The van der Waals surface area contributed by atoms with Gasteiger partial charge < -0.3 is 10.6 Å². The molecule has 1 aliphatic carbocycles. The molecule has 0 aliphatic heterocycles. The monoisotopic (exact) mass is 437 g/mol. The summed E-state index contributed by atoms with van der Waals surface area (Å²) < 4.78 is 36.3. The largest absolute Gasteiger partial charge is 0.357 e. The van der Waals surface area contributed by atoms with Crippen molar-refractivity contribution in [2.45, 2.75) is 57.2 Å². The summed E-state index contributed by atoms with van der Waals surface area (Å²) in [6.45, 7) is 3.97. The fourth-order valence-corrected chi connectivity index (χ4v) is 3.77. The molecular formula is C13H26F2IN3OS. The molecule has 0 saturated heterocycles. The van der Waals surface area contributed by atoms with Crippen molar-refractivity contribution in [1.29, 1.82) is 0 Å². The van der Waals surface area contributed by atoms with Gasteiger partial charge in [0.15, 0.2) is 5.96 Å². The van der Waals surface area contributed by atoms with Crippen LogP contribution in [0.15, 0.2) is 4.99 Å². The summed E-state index contributed by atoms with van der Waals surface area (Å²) in [7, 11) is -0.784. The lowest BCUT2D eigenvalue weighted by Crippen LogP contribution is -2.46. The minimum absolute atomic E-state index is 0. The Morgan fingerprint density at radius 2 is 2.10 bits per heavy atom. The van der Waals surface area contributed by atoms with Gasteiger partial charge >= 0.3 is 0 Å². The highest BCUT2D eigenvalue weighted by molar-refractivity contribution is 14.0. The van der Waals surface area contributed by atoms with Gasteiger partial charge in [0.25, 0.3) is 6.43 Å². The van der Waals surface area contributed by atoms with Crippen LogP contribution in [-0.2, 0) is 10.8 Å². The first-order chi connectivity index (χ1) is 9.56. The first kappa shape index (κ1) is 21.0. The Balaban J connectivity index is 0.00000400. The first-order valence-electron chi connectivity index (χ1n) is 7.26. The number of rotatable bonds is 6. The van der Waals surface area contributed by atoms with Crippen LogP contribution in [0.5, 0.6) is 0 Å². The maximum Gasteiger partial charge on any atom is 0.257 e. The van der Waals surface area contributed by atoms with Gasteiger partial charge in [-0.25, -0.2) is 13.8 Å². The molecule has 1 aliphatic rings. The quantitative estimate of drug-likeness (QED) is 0.382. The van der Waals surface area contributed by atoms with Crippen molar-refractivity contribution in [2.24, 2.45) is 4.99 Å². The van der Waals surface area contributed by atoms with Crippen LogP contribution in [0.4, 0.5) is 8.78 Å². The molecule has 1 rings (SSSR count). The van der Waals surface area contributed by atoms with Gasteiger partial charge in [0.05, 0.1) is 0 Å². The van der Waals surface area contributed by atoms with Crippen molar-refractivity contribution in [3.8, 4) is 0 Å². The van der Waals surface area contributed by atoms with Gasteiger partial charge in [0.2, 0.25) is 0 Å². The molecule has 1 saturated carbocycles. The van der Waals surface area contributed by atoms with Crippen LogP contribution in [0.25, 0.3) is 0 Å². The van der Waals surface area contributed by atoms with Crippen LogP contribution >= 0.6 is 24.0 Å². The molecule has 3 atom stereocenters. The molecule has 0 heterocycles. The van der Waals surface area contributed by atoms with E-state index in [4.69, 9.17) is 0 Å². The van der Waals surface area contributed by atoms with E-state index in [1.165, 1.54) is 0 Å². The summed E-state index contributed by atoms with van der Waals surface area (Å²) in [5, 5.41) is 6.38. The van der Waals surface area contributed by atoms with Crippen molar-refractivity contribution in [2.75, 3.05) is 18.8 Å². The minimum atomic E-state index is -2.43. The molecule has 0 aromatic rings. The Morgan fingerprint density at radius 1 is 1.38 bits per heavy atom. The van der Waals surface area contributed by atoms with Crippen LogP contribution in [-0.4, -0.2) is 46.7 Å². The maximum atomic E-state index is 12.2. The third kappa shape index (κ3) is 8.27. The molecule has 0 radical (unpaired) electrons. The van der Waals surface area contributed by atoms with Crippen LogP contribution in [0.1, 0.15) is 39.5 Å². The van der Waals surface area contributed by atoms with Gasteiger partial charge in [-0.05, 0) is 26.2 Å². The van der Waals surface area contributed by atoms with E-state index in [-0.39, 0.29) is 35.3 Å². The number of hydrogen-bond donors (Lipinski definition) is 2. The highest BCUT2D eigenvalue weighted by Gasteiger charge is 2.26. The van der Waals surface area contributed by atoms with E-state index in [2.05, 4.69) is 15.6 Å². The summed E-state index contributed by atoms with van der Waals surface area (Å²) in [5.41, 5.74) is 0. The molecule has 0 aromatic carbocycles. The summed E-state index contributed by atoms with van der Waals surface area (Å²) in [6.07, 6.45) is 1.36. The molecule has 0 spiro atoms. The molecule has 0 aromatic heterocycles.